The quantitative estimate of drug-likeness (QED) is 0.875. The van der Waals surface area contributed by atoms with Crippen LogP contribution >= 0.6 is 0 Å². The number of ether oxygens (including phenoxy) is 1. The van der Waals surface area contributed by atoms with Gasteiger partial charge in [0.1, 0.15) is 0 Å². The van der Waals surface area contributed by atoms with Gasteiger partial charge < -0.3 is 15.2 Å². The number of fused-ring (bicyclic) bond motifs is 1. The van der Waals surface area contributed by atoms with Crippen molar-refractivity contribution in [2.75, 3.05) is 13.2 Å². The number of rotatable bonds is 4. The molecule has 1 aromatic heterocycles. The third-order valence-corrected chi connectivity index (χ3v) is 4.93. The lowest BCUT2D eigenvalue weighted by Gasteiger charge is -2.23. The predicted octanol–water partition coefficient (Wildman–Crippen LogP) is 1.33. The number of benzene rings is 1. The topological polar surface area (TPSA) is 93.5 Å². The van der Waals surface area contributed by atoms with E-state index >= 15 is 0 Å². The highest BCUT2D eigenvalue weighted by atomic mass is 16.5. The molecule has 2 N–H and O–H groups in total. The minimum atomic E-state index is -1.36. The molecular formula is C18H19N3O4. The van der Waals surface area contributed by atoms with Crippen LogP contribution in [0.3, 0.4) is 0 Å². The van der Waals surface area contributed by atoms with Gasteiger partial charge in [0.25, 0.3) is 5.91 Å². The van der Waals surface area contributed by atoms with Crippen molar-refractivity contribution in [3.05, 3.63) is 47.3 Å². The van der Waals surface area contributed by atoms with Gasteiger partial charge in [0, 0.05) is 24.3 Å². The summed E-state index contributed by atoms with van der Waals surface area (Å²) in [4.78, 5) is 24.4. The van der Waals surface area contributed by atoms with E-state index in [9.17, 15) is 14.7 Å². The first-order valence-electron chi connectivity index (χ1n) is 8.40. The maximum absolute atomic E-state index is 12.8. The highest BCUT2D eigenvalue weighted by molar-refractivity contribution is 5.98. The van der Waals surface area contributed by atoms with Crippen LogP contribution in [0.4, 0.5) is 0 Å². The summed E-state index contributed by atoms with van der Waals surface area (Å²) < 4.78 is 7.01. The molecule has 7 nitrogen and oxygen atoms in total. The van der Waals surface area contributed by atoms with Gasteiger partial charge >= 0.3 is 5.97 Å². The van der Waals surface area contributed by atoms with Gasteiger partial charge in [-0.05, 0) is 31.4 Å². The van der Waals surface area contributed by atoms with E-state index in [0.717, 1.165) is 36.2 Å². The average Bonchev–Trinajstić information content (AvgIpc) is 3.32. The Balaban J connectivity index is 1.69. The van der Waals surface area contributed by atoms with Crippen LogP contribution in [0.2, 0.25) is 0 Å². The first kappa shape index (κ1) is 15.8. The van der Waals surface area contributed by atoms with E-state index < -0.39 is 17.4 Å². The third-order valence-electron chi connectivity index (χ3n) is 4.93. The summed E-state index contributed by atoms with van der Waals surface area (Å²) in [6, 6.07) is 9.66. The number of carboxylic acids is 1. The number of nitrogens with zero attached hydrogens (tertiary/aromatic N) is 2. The fourth-order valence-electron chi connectivity index (χ4n) is 3.56. The lowest BCUT2D eigenvalue weighted by atomic mass is 9.98. The number of carboxylic acid groups (broad SMARTS) is 1. The van der Waals surface area contributed by atoms with Crippen LogP contribution in [0.25, 0.3) is 5.69 Å². The zero-order valence-corrected chi connectivity index (χ0v) is 13.7. The van der Waals surface area contributed by atoms with Crippen molar-refractivity contribution in [3.8, 4) is 5.69 Å². The van der Waals surface area contributed by atoms with Crippen molar-refractivity contribution in [1.82, 2.24) is 15.1 Å². The number of carbonyl (C=O) groups excluding carboxylic acids is 1. The molecule has 1 aliphatic carbocycles. The molecular weight excluding hydrogens is 322 g/mol. The highest BCUT2D eigenvalue weighted by Gasteiger charge is 2.45. The van der Waals surface area contributed by atoms with Gasteiger partial charge in [-0.15, -0.1) is 0 Å². The Kier molecular flexibility index (Phi) is 3.80. The number of hydrogen-bond acceptors (Lipinski definition) is 4. The van der Waals surface area contributed by atoms with E-state index in [-0.39, 0.29) is 13.0 Å². The molecule has 1 amide bonds. The molecule has 2 aliphatic rings. The molecule has 1 fully saturated rings. The largest absolute Gasteiger partial charge is 0.479 e. The van der Waals surface area contributed by atoms with Crippen LogP contribution in [0, 0.1) is 0 Å². The normalized spacial score (nSPS) is 21.9. The van der Waals surface area contributed by atoms with Crippen LogP contribution in [0.15, 0.2) is 30.3 Å². The van der Waals surface area contributed by atoms with E-state index in [2.05, 4.69) is 10.4 Å². The Bertz CT molecular complexity index is 822. The van der Waals surface area contributed by atoms with Gasteiger partial charge in [0.05, 0.1) is 12.3 Å². The molecule has 0 spiro atoms. The second-order valence-electron chi connectivity index (χ2n) is 6.52. The van der Waals surface area contributed by atoms with Crippen molar-refractivity contribution in [2.24, 2.45) is 0 Å². The molecule has 1 atom stereocenters. The van der Waals surface area contributed by atoms with E-state index in [0.29, 0.717) is 12.3 Å². The van der Waals surface area contributed by atoms with Gasteiger partial charge in [0.2, 0.25) is 0 Å². The maximum Gasteiger partial charge on any atom is 0.331 e. The van der Waals surface area contributed by atoms with E-state index in [1.54, 1.807) is 4.68 Å². The van der Waals surface area contributed by atoms with Gasteiger partial charge in [-0.1, -0.05) is 18.2 Å². The minimum Gasteiger partial charge on any atom is -0.479 e. The number of nitrogens with one attached hydrogen (secondary N) is 1. The molecule has 1 saturated heterocycles. The fourth-order valence-corrected chi connectivity index (χ4v) is 3.56. The van der Waals surface area contributed by atoms with E-state index in [1.165, 1.54) is 0 Å². The summed E-state index contributed by atoms with van der Waals surface area (Å²) in [7, 11) is 0. The molecule has 0 radical (unpaired) electrons. The molecule has 1 unspecified atom stereocenters. The fraction of sp³-hybridized carbons (Fsp3) is 0.389. The molecule has 25 heavy (non-hydrogen) atoms. The SMILES string of the molecule is O=C(NC1(C(=O)O)CCOC1)c1nn(-c2ccccc2)c2c1CCC2. The second kappa shape index (κ2) is 6.00. The molecule has 1 aromatic carbocycles. The molecule has 2 heterocycles. The average molecular weight is 341 g/mol. The van der Waals surface area contributed by atoms with Crippen LogP contribution < -0.4 is 5.32 Å². The third kappa shape index (κ3) is 2.60. The zero-order valence-electron chi connectivity index (χ0n) is 13.7. The van der Waals surface area contributed by atoms with Crippen LogP contribution in [0.5, 0.6) is 0 Å². The molecule has 0 saturated carbocycles. The molecule has 7 heteroatoms. The monoisotopic (exact) mass is 341 g/mol. The van der Waals surface area contributed by atoms with Crippen LogP contribution in [-0.4, -0.2) is 45.5 Å². The molecule has 2 aromatic rings. The number of hydrogen-bond donors (Lipinski definition) is 2. The lowest BCUT2D eigenvalue weighted by molar-refractivity contribution is -0.144. The standard InChI is InChI=1S/C18H19N3O4/c22-16(19-18(17(23)24)9-10-25-11-18)15-13-7-4-8-14(13)21(20-15)12-5-2-1-3-6-12/h1-3,5-6H,4,7-11H2,(H,19,22)(H,23,24). The van der Waals surface area contributed by atoms with Gasteiger partial charge in [-0.25, -0.2) is 9.48 Å². The number of amides is 1. The smallest absolute Gasteiger partial charge is 0.331 e. The Hall–Kier alpha value is -2.67. The van der Waals surface area contributed by atoms with Crippen LogP contribution in [-0.2, 0) is 22.4 Å². The summed E-state index contributed by atoms with van der Waals surface area (Å²) in [5, 5.41) is 16.7. The van der Waals surface area contributed by atoms with Crippen molar-refractivity contribution in [2.45, 2.75) is 31.2 Å². The number of aromatic nitrogens is 2. The minimum absolute atomic E-state index is 0.0182. The Morgan fingerprint density at radius 2 is 2.04 bits per heavy atom. The van der Waals surface area contributed by atoms with E-state index in [1.807, 2.05) is 30.3 Å². The Labute approximate surface area is 144 Å². The Morgan fingerprint density at radius 1 is 1.24 bits per heavy atom. The maximum atomic E-state index is 12.8. The first-order valence-corrected chi connectivity index (χ1v) is 8.40. The Morgan fingerprint density at radius 3 is 2.72 bits per heavy atom. The summed E-state index contributed by atoms with van der Waals surface area (Å²) in [6.07, 6.45) is 2.86. The van der Waals surface area contributed by atoms with Crippen molar-refractivity contribution < 1.29 is 19.4 Å². The zero-order chi connectivity index (χ0) is 17.4. The van der Waals surface area contributed by atoms with Crippen molar-refractivity contribution in [1.29, 1.82) is 0 Å². The van der Waals surface area contributed by atoms with Gasteiger partial charge in [-0.3, -0.25) is 4.79 Å². The predicted molar refractivity (Wildman–Crippen MR) is 88.9 cm³/mol. The number of para-hydroxylation sites is 1. The molecule has 1 aliphatic heterocycles. The van der Waals surface area contributed by atoms with Crippen LogP contribution in [0.1, 0.15) is 34.6 Å². The van der Waals surface area contributed by atoms with E-state index in [4.69, 9.17) is 4.74 Å². The van der Waals surface area contributed by atoms with Crippen molar-refractivity contribution in [3.63, 3.8) is 0 Å². The van der Waals surface area contributed by atoms with Gasteiger partial charge in [0.15, 0.2) is 11.2 Å². The number of aliphatic carboxylic acids is 1. The highest BCUT2D eigenvalue weighted by Crippen LogP contribution is 2.28. The summed E-state index contributed by atoms with van der Waals surface area (Å²) in [5.74, 6) is -1.52. The van der Waals surface area contributed by atoms with Gasteiger partial charge in [-0.2, -0.15) is 5.10 Å². The summed E-state index contributed by atoms with van der Waals surface area (Å²) in [5.41, 5.74) is 1.81. The first-order chi connectivity index (χ1) is 12.1. The summed E-state index contributed by atoms with van der Waals surface area (Å²) >= 11 is 0. The number of carbonyl (C=O) groups is 2. The van der Waals surface area contributed by atoms with Crippen molar-refractivity contribution >= 4 is 11.9 Å². The molecule has 0 bridgehead atoms. The lowest BCUT2D eigenvalue weighted by Crippen LogP contribution is -2.55. The second-order valence-corrected chi connectivity index (χ2v) is 6.52. The molecule has 130 valence electrons. The summed E-state index contributed by atoms with van der Waals surface area (Å²) in [6.45, 7) is 0.304. The molecule has 4 rings (SSSR count).